The summed E-state index contributed by atoms with van der Waals surface area (Å²) in [5.41, 5.74) is 3.41. The summed E-state index contributed by atoms with van der Waals surface area (Å²) in [6, 6.07) is 4.15. The van der Waals surface area contributed by atoms with Crippen LogP contribution in [-0.4, -0.2) is 16.5 Å². The molecule has 1 heterocycles. The first-order valence-corrected chi connectivity index (χ1v) is 7.33. The fourth-order valence-electron chi connectivity index (χ4n) is 1.85. The Labute approximate surface area is 127 Å². The standard InChI is InChI=1S/C15H18BrN3O/c1-5-17-15-18-8-12(16)14(19-15)20-13-10(3)7-6-9(2)11(13)4/h6-8H,5H2,1-4H3,(H,17,18,19). The van der Waals surface area contributed by atoms with Gasteiger partial charge in [0.1, 0.15) is 5.75 Å². The number of benzene rings is 1. The van der Waals surface area contributed by atoms with Crippen molar-refractivity contribution < 1.29 is 4.74 Å². The second-order valence-corrected chi connectivity index (χ2v) is 5.49. The Morgan fingerprint density at radius 1 is 1.20 bits per heavy atom. The molecule has 0 aliphatic heterocycles. The van der Waals surface area contributed by atoms with Gasteiger partial charge in [-0.3, -0.25) is 0 Å². The maximum Gasteiger partial charge on any atom is 0.238 e. The highest BCUT2D eigenvalue weighted by molar-refractivity contribution is 9.10. The highest BCUT2D eigenvalue weighted by Gasteiger charge is 2.12. The number of nitrogens with one attached hydrogen (secondary N) is 1. The van der Waals surface area contributed by atoms with E-state index >= 15 is 0 Å². The average Bonchev–Trinajstić information content (AvgIpc) is 2.43. The van der Waals surface area contributed by atoms with Crippen molar-refractivity contribution in [2.24, 2.45) is 0 Å². The Kier molecular flexibility index (Phi) is 4.60. The van der Waals surface area contributed by atoms with E-state index in [1.54, 1.807) is 6.20 Å². The molecule has 4 nitrogen and oxygen atoms in total. The quantitative estimate of drug-likeness (QED) is 0.900. The zero-order valence-corrected chi connectivity index (χ0v) is 13.7. The van der Waals surface area contributed by atoms with Gasteiger partial charge in [0, 0.05) is 6.54 Å². The van der Waals surface area contributed by atoms with Crippen molar-refractivity contribution in [2.45, 2.75) is 27.7 Å². The predicted molar refractivity (Wildman–Crippen MR) is 84.6 cm³/mol. The van der Waals surface area contributed by atoms with Gasteiger partial charge in [-0.15, -0.1) is 0 Å². The van der Waals surface area contributed by atoms with Crippen molar-refractivity contribution in [1.29, 1.82) is 0 Å². The fraction of sp³-hybridized carbons (Fsp3) is 0.333. The molecule has 1 aromatic carbocycles. The summed E-state index contributed by atoms with van der Waals surface area (Å²) in [6.07, 6.45) is 1.70. The molecule has 0 atom stereocenters. The van der Waals surface area contributed by atoms with E-state index in [1.807, 2.05) is 13.8 Å². The van der Waals surface area contributed by atoms with Crippen molar-refractivity contribution in [2.75, 3.05) is 11.9 Å². The summed E-state index contributed by atoms with van der Waals surface area (Å²) in [6.45, 7) is 8.92. The maximum atomic E-state index is 6.00. The second-order valence-electron chi connectivity index (χ2n) is 4.63. The first kappa shape index (κ1) is 14.8. The Balaban J connectivity index is 2.39. The lowest BCUT2D eigenvalue weighted by Crippen LogP contribution is -2.03. The molecule has 5 heteroatoms. The Morgan fingerprint density at radius 3 is 2.60 bits per heavy atom. The number of aryl methyl sites for hydroxylation is 2. The zero-order valence-electron chi connectivity index (χ0n) is 12.1. The summed E-state index contributed by atoms with van der Waals surface area (Å²) in [5.74, 6) is 1.94. The van der Waals surface area contributed by atoms with Crippen LogP contribution in [0.1, 0.15) is 23.6 Å². The molecule has 0 aliphatic rings. The van der Waals surface area contributed by atoms with Gasteiger partial charge in [-0.25, -0.2) is 4.98 Å². The van der Waals surface area contributed by atoms with Gasteiger partial charge >= 0.3 is 0 Å². The maximum absolute atomic E-state index is 6.00. The van der Waals surface area contributed by atoms with Crippen LogP contribution in [0.2, 0.25) is 0 Å². The summed E-state index contributed by atoms with van der Waals surface area (Å²) < 4.78 is 6.74. The lowest BCUT2D eigenvalue weighted by atomic mass is 10.1. The van der Waals surface area contributed by atoms with E-state index < -0.39 is 0 Å². The third-order valence-electron chi connectivity index (χ3n) is 3.12. The molecule has 0 bridgehead atoms. The predicted octanol–water partition coefficient (Wildman–Crippen LogP) is 4.39. The molecule has 0 radical (unpaired) electrons. The number of hydrogen-bond donors (Lipinski definition) is 1. The second kappa shape index (κ2) is 6.22. The first-order valence-electron chi connectivity index (χ1n) is 6.54. The highest BCUT2D eigenvalue weighted by Crippen LogP contribution is 2.33. The van der Waals surface area contributed by atoms with Gasteiger partial charge in [0.05, 0.1) is 10.7 Å². The van der Waals surface area contributed by atoms with E-state index in [-0.39, 0.29) is 0 Å². The van der Waals surface area contributed by atoms with Gasteiger partial charge in [-0.1, -0.05) is 12.1 Å². The third kappa shape index (κ3) is 3.10. The lowest BCUT2D eigenvalue weighted by molar-refractivity contribution is 0.451. The van der Waals surface area contributed by atoms with Crippen molar-refractivity contribution in [3.8, 4) is 11.6 Å². The molecule has 2 rings (SSSR count). The van der Waals surface area contributed by atoms with Gasteiger partial charge < -0.3 is 10.1 Å². The number of nitrogens with zero attached hydrogens (tertiary/aromatic N) is 2. The summed E-state index contributed by atoms with van der Waals surface area (Å²) in [5, 5.41) is 3.08. The van der Waals surface area contributed by atoms with Crippen LogP contribution in [0.15, 0.2) is 22.8 Å². The van der Waals surface area contributed by atoms with E-state index in [0.717, 1.165) is 27.9 Å². The normalized spacial score (nSPS) is 10.4. The molecular formula is C15H18BrN3O. The fourth-order valence-corrected chi connectivity index (χ4v) is 2.12. The molecule has 106 valence electrons. The van der Waals surface area contributed by atoms with Gasteiger partial charge in [-0.2, -0.15) is 4.98 Å². The van der Waals surface area contributed by atoms with Crippen LogP contribution in [0.4, 0.5) is 5.95 Å². The monoisotopic (exact) mass is 335 g/mol. The van der Waals surface area contributed by atoms with Crippen LogP contribution < -0.4 is 10.1 Å². The van der Waals surface area contributed by atoms with Crippen LogP contribution in [0, 0.1) is 20.8 Å². The molecule has 20 heavy (non-hydrogen) atoms. The van der Waals surface area contributed by atoms with Crippen molar-refractivity contribution in [1.82, 2.24) is 9.97 Å². The van der Waals surface area contributed by atoms with Crippen LogP contribution in [0.3, 0.4) is 0 Å². The summed E-state index contributed by atoms with van der Waals surface area (Å²) in [4.78, 5) is 8.56. The van der Waals surface area contributed by atoms with Gasteiger partial charge in [-0.05, 0) is 60.3 Å². The average molecular weight is 336 g/mol. The number of halogens is 1. The minimum Gasteiger partial charge on any atom is -0.437 e. The molecule has 0 aliphatic carbocycles. The number of aromatic nitrogens is 2. The zero-order chi connectivity index (χ0) is 14.7. The molecule has 0 saturated carbocycles. The topological polar surface area (TPSA) is 47.0 Å². The minimum absolute atomic E-state index is 0.521. The van der Waals surface area contributed by atoms with Gasteiger partial charge in [0.25, 0.3) is 0 Å². The molecule has 0 spiro atoms. The SMILES string of the molecule is CCNc1ncc(Br)c(Oc2c(C)ccc(C)c2C)n1. The Bertz CT molecular complexity index is 629. The molecule has 1 aromatic heterocycles. The number of ether oxygens (including phenoxy) is 1. The summed E-state index contributed by atoms with van der Waals surface area (Å²) in [7, 11) is 0. The van der Waals surface area contributed by atoms with Crippen LogP contribution in [0.5, 0.6) is 11.6 Å². The third-order valence-corrected chi connectivity index (χ3v) is 3.66. The molecule has 2 aromatic rings. The van der Waals surface area contributed by atoms with Gasteiger partial charge in [0.15, 0.2) is 0 Å². The van der Waals surface area contributed by atoms with Crippen LogP contribution >= 0.6 is 15.9 Å². The molecule has 1 N–H and O–H groups in total. The molecule has 0 amide bonds. The van der Waals surface area contributed by atoms with Crippen molar-refractivity contribution >= 4 is 21.9 Å². The Hall–Kier alpha value is -1.62. The number of rotatable bonds is 4. The van der Waals surface area contributed by atoms with Crippen LogP contribution in [-0.2, 0) is 0 Å². The van der Waals surface area contributed by atoms with E-state index in [4.69, 9.17) is 4.74 Å². The Morgan fingerprint density at radius 2 is 1.90 bits per heavy atom. The van der Waals surface area contributed by atoms with Crippen molar-refractivity contribution in [3.05, 3.63) is 39.5 Å². The van der Waals surface area contributed by atoms with E-state index in [2.05, 4.69) is 57.2 Å². The smallest absolute Gasteiger partial charge is 0.238 e. The number of anilines is 1. The van der Waals surface area contributed by atoms with Gasteiger partial charge in [0.2, 0.25) is 11.8 Å². The number of hydrogen-bond acceptors (Lipinski definition) is 4. The highest BCUT2D eigenvalue weighted by atomic mass is 79.9. The molecule has 0 saturated heterocycles. The van der Waals surface area contributed by atoms with E-state index in [9.17, 15) is 0 Å². The molecular weight excluding hydrogens is 318 g/mol. The van der Waals surface area contributed by atoms with E-state index in [0.29, 0.717) is 11.8 Å². The largest absolute Gasteiger partial charge is 0.437 e. The lowest BCUT2D eigenvalue weighted by Gasteiger charge is -2.14. The summed E-state index contributed by atoms with van der Waals surface area (Å²) >= 11 is 3.43. The molecule has 0 fully saturated rings. The van der Waals surface area contributed by atoms with Crippen LogP contribution in [0.25, 0.3) is 0 Å². The van der Waals surface area contributed by atoms with Crippen molar-refractivity contribution in [3.63, 3.8) is 0 Å². The first-order chi connectivity index (χ1) is 9.52. The minimum atomic E-state index is 0.521. The molecule has 0 unspecified atom stereocenters. The van der Waals surface area contributed by atoms with E-state index in [1.165, 1.54) is 5.56 Å².